The second kappa shape index (κ2) is 13.4. The van der Waals surface area contributed by atoms with Crippen LogP contribution in [0.3, 0.4) is 0 Å². The van der Waals surface area contributed by atoms with Gasteiger partial charge in [-0.3, -0.25) is 4.57 Å². The SMILES string of the molecule is c1ccc(-n2c3ccccc3c3cc(-c4ccc5c(c4)c4ccccc4n5-c4ncnc5c4oc4cccc(-c6cccc(-n7c8ccccc8c8ccccc87)c6)c45)ccc32)cc1. The monoisotopic (exact) mass is 817 g/mol. The molecule has 0 fully saturated rings. The van der Waals surface area contributed by atoms with Crippen molar-refractivity contribution >= 4 is 87.5 Å². The molecule has 298 valence electrons. The summed E-state index contributed by atoms with van der Waals surface area (Å²) in [5, 5.41) is 8.19. The Bertz CT molecular complexity index is 4150. The van der Waals surface area contributed by atoms with Gasteiger partial charge in [0.05, 0.1) is 38.5 Å². The molecule has 5 aromatic heterocycles. The fraction of sp³-hybridized carbons (Fsp3) is 0. The molecular weight excluding hydrogens is 783 g/mol. The van der Waals surface area contributed by atoms with Crippen molar-refractivity contribution in [1.82, 2.24) is 23.7 Å². The van der Waals surface area contributed by atoms with Crippen LogP contribution in [0.4, 0.5) is 0 Å². The van der Waals surface area contributed by atoms with Crippen molar-refractivity contribution in [2.24, 2.45) is 0 Å². The standard InChI is InChI=1S/C58H35N5O/c1-2-15-39(16-3-1)61-50-25-10-6-20-44(50)46-33-36(28-30-52(46)61)37-29-31-53-47(34-37)45-21-7-11-26-51(45)63(53)58-57-56(59-35-60-58)55-41(22-13-27-54(55)64-57)38-14-12-17-40(32-38)62-48-23-8-4-18-42(48)43-19-5-9-24-49(43)62/h1-35H. The van der Waals surface area contributed by atoms with E-state index in [2.05, 4.69) is 214 Å². The average Bonchev–Trinajstić information content (AvgIpc) is 4.10. The highest BCUT2D eigenvalue weighted by molar-refractivity contribution is 6.16. The van der Waals surface area contributed by atoms with E-state index in [4.69, 9.17) is 14.4 Å². The Morgan fingerprint density at radius 3 is 1.48 bits per heavy atom. The molecule has 6 heteroatoms. The van der Waals surface area contributed by atoms with Gasteiger partial charge in [0, 0.05) is 43.7 Å². The number of hydrogen-bond acceptors (Lipinski definition) is 3. The fourth-order valence-electron chi connectivity index (χ4n) is 10.4. The third-order valence-corrected chi connectivity index (χ3v) is 13.2. The highest BCUT2D eigenvalue weighted by atomic mass is 16.3. The first-order valence-electron chi connectivity index (χ1n) is 21.6. The molecule has 0 radical (unpaired) electrons. The van der Waals surface area contributed by atoms with Crippen LogP contribution in [0.15, 0.2) is 217 Å². The number of fused-ring (bicyclic) bond motifs is 12. The number of nitrogens with zero attached hydrogens (tertiary/aromatic N) is 5. The van der Waals surface area contributed by atoms with E-state index in [1.54, 1.807) is 6.33 Å². The Morgan fingerprint density at radius 2 is 0.844 bits per heavy atom. The molecule has 14 rings (SSSR count). The van der Waals surface area contributed by atoms with E-state index in [-0.39, 0.29) is 0 Å². The number of rotatable bonds is 5. The van der Waals surface area contributed by atoms with Gasteiger partial charge >= 0.3 is 0 Å². The molecule has 0 amide bonds. The Labute approximate surface area is 366 Å². The van der Waals surface area contributed by atoms with E-state index < -0.39 is 0 Å². The van der Waals surface area contributed by atoms with Gasteiger partial charge in [-0.15, -0.1) is 0 Å². The summed E-state index contributed by atoms with van der Waals surface area (Å²) in [5.41, 5.74) is 15.7. The molecule has 0 unspecified atom stereocenters. The van der Waals surface area contributed by atoms with Gasteiger partial charge < -0.3 is 13.6 Å². The molecule has 5 heterocycles. The molecule has 6 nitrogen and oxygen atoms in total. The first-order valence-corrected chi connectivity index (χ1v) is 21.6. The van der Waals surface area contributed by atoms with Gasteiger partial charge in [-0.05, 0) is 101 Å². The van der Waals surface area contributed by atoms with Crippen LogP contribution in [-0.2, 0) is 0 Å². The molecule has 0 saturated heterocycles. The highest BCUT2D eigenvalue weighted by Gasteiger charge is 2.23. The maximum absolute atomic E-state index is 6.84. The molecule has 0 bridgehead atoms. The smallest absolute Gasteiger partial charge is 0.197 e. The summed E-state index contributed by atoms with van der Waals surface area (Å²) in [6, 6.07) is 73.8. The Morgan fingerprint density at radius 1 is 0.344 bits per heavy atom. The molecule has 0 aliphatic heterocycles. The zero-order valence-corrected chi connectivity index (χ0v) is 34.4. The lowest BCUT2D eigenvalue weighted by atomic mass is 10.0. The number of para-hydroxylation sites is 5. The maximum Gasteiger partial charge on any atom is 0.197 e. The minimum atomic E-state index is 0.649. The van der Waals surface area contributed by atoms with Crippen LogP contribution in [0.5, 0.6) is 0 Å². The van der Waals surface area contributed by atoms with Crippen molar-refractivity contribution in [2.45, 2.75) is 0 Å². The predicted octanol–water partition coefficient (Wildman–Crippen LogP) is 15.0. The van der Waals surface area contributed by atoms with E-state index in [0.29, 0.717) is 11.4 Å². The third-order valence-electron chi connectivity index (χ3n) is 13.2. The van der Waals surface area contributed by atoms with Gasteiger partial charge in [0.15, 0.2) is 11.4 Å². The van der Waals surface area contributed by atoms with Crippen molar-refractivity contribution < 1.29 is 4.42 Å². The van der Waals surface area contributed by atoms with Crippen molar-refractivity contribution in [1.29, 1.82) is 0 Å². The van der Waals surface area contributed by atoms with Gasteiger partial charge in [-0.25, -0.2) is 9.97 Å². The van der Waals surface area contributed by atoms with Crippen molar-refractivity contribution in [3.8, 4) is 39.4 Å². The second-order valence-electron chi connectivity index (χ2n) is 16.6. The molecule has 9 aromatic carbocycles. The van der Waals surface area contributed by atoms with Crippen LogP contribution in [0.25, 0.3) is 127 Å². The zero-order valence-electron chi connectivity index (χ0n) is 34.4. The molecule has 0 aliphatic carbocycles. The minimum Gasteiger partial charge on any atom is -0.450 e. The van der Waals surface area contributed by atoms with E-state index in [1.165, 1.54) is 49.2 Å². The minimum absolute atomic E-state index is 0.649. The summed E-state index contributed by atoms with van der Waals surface area (Å²) in [6.45, 7) is 0. The first-order chi connectivity index (χ1) is 31.8. The lowest BCUT2D eigenvalue weighted by Gasteiger charge is -2.11. The third kappa shape index (κ3) is 4.96. The lowest BCUT2D eigenvalue weighted by Crippen LogP contribution is -1.98. The van der Waals surface area contributed by atoms with Gasteiger partial charge in [0.25, 0.3) is 0 Å². The van der Waals surface area contributed by atoms with Crippen LogP contribution in [0, 0.1) is 0 Å². The quantitative estimate of drug-likeness (QED) is 0.174. The Kier molecular flexibility index (Phi) is 7.30. The van der Waals surface area contributed by atoms with Gasteiger partial charge in [-0.1, -0.05) is 127 Å². The summed E-state index contributed by atoms with van der Waals surface area (Å²) in [7, 11) is 0. The lowest BCUT2D eigenvalue weighted by molar-refractivity contribution is 0.662. The topological polar surface area (TPSA) is 53.7 Å². The predicted molar refractivity (Wildman–Crippen MR) is 263 cm³/mol. The Hall–Kier alpha value is -8.74. The molecule has 64 heavy (non-hydrogen) atoms. The van der Waals surface area contributed by atoms with Gasteiger partial charge in [0.1, 0.15) is 17.4 Å². The highest BCUT2D eigenvalue weighted by Crippen LogP contribution is 2.42. The molecule has 0 N–H and O–H groups in total. The van der Waals surface area contributed by atoms with Gasteiger partial charge in [-0.2, -0.15) is 0 Å². The summed E-state index contributed by atoms with van der Waals surface area (Å²) >= 11 is 0. The molecule has 14 aromatic rings. The average molecular weight is 818 g/mol. The summed E-state index contributed by atoms with van der Waals surface area (Å²) in [4.78, 5) is 9.91. The normalized spacial score (nSPS) is 12.1. The molecule has 0 aliphatic rings. The molecule has 0 atom stereocenters. The van der Waals surface area contributed by atoms with Crippen LogP contribution in [0.1, 0.15) is 0 Å². The van der Waals surface area contributed by atoms with E-state index >= 15 is 0 Å². The number of aromatic nitrogens is 5. The fourth-order valence-corrected chi connectivity index (χ4v) is 10.4. The summed E-state index contributed by atoms with van der Waals surface area (Å²) in [5.74, 6) is 0.709. The first kappa shape index (κ1) is 34.9. The molecule has 0 spiro atoms. The largest absolute Gasteiger partial charge is 0.450 e. The zero-order chi connectivity index (χ0) is 41.9. The number of furan rings is 1. The van der Waals surface area contributed by atoms with E-state index in [1.807, 2.05) is 6.07 Å². The van der Waals surface area contributed by atoms with Gasteiger partial charge in [0.2, 0.25) is 0 Å². The van der Waals surface area contributed by atoms with Crippen LogP contribution in [0.2, 0.25) is 0 Å². The van der Waals surface area contributed by atoms with E-state index in [9.17, 15) is 0 Å². The molecule has 0 saturated carbocycles. The van der Waals surface area contributed by atoms with E-state index in [0.717, 1.165) is 66.4 Å². The maximum atomic E-state index is 6.84. The van der Waals surface area contributed by atoms with Crippen LogP contribution >= 0.6 is 0 Å². The number of benzene rings is 9. The van der Waals surface area contributed by atoms with Crippen molar-refractivity contribution in [2.75, 3.05) is 0 Å². The summed E-state index contributed by atoms with van der Waals surface area (Å²) in [6.07, 6.45) is 1.67. The van der Waals surface area contributed by atoms with Crippen molar-refractivity contribution in [3.05, 3.63) is 213 Å². The molecular formula is C58H35N5O. The Balaban J connectivity index is 0.924. The van der Waals surface area contributed by atoms with Crippen LogP contribution in [-0.4, -0.2) is 23.7 Å². The second-order valence-corrected chi connectivity index (χ2v) is 16.6. The van der Waals surface area contributed by atoms with Crippen molar-refractivity contribution in [3.63, 3.8) is 0 Å². The van der Waals surface area contributed by atoms with Crippen LogP contribution < -0.4 is 0 Å². The summed E-state index contributed by atoms with van der Waals surface area (Å²) < 4.78 is 13.8. The number of hydrogen-bond donors (Lipinski definition) is 0.